The first-order valence-corrected chi connectivity index (χ1v) is 8.95. The summed E-state index contributed by atoms with van der Waals surface area (Å²) in [6.07, 6.45) is 0. The Hall–Kier alpha value is -1.77. The molecule has 0 saturated heterocycles. The molecule has 2 aromatic rings. The van der Waals surface area contributed by atoms with E-state index in [1.54, 1.807) is 25.1 Å². The van der Waals surface area contributed by atoms with E-state index in [2.05, 4.69) is 5.10 Å². The van der Waals surface area contributed by atoms with E-state index >= 15 is 0 Å². The third-order valence-electron chi connectivity index (χ3n) is 3.30. The van der Waals surface area contributed by atoms with Crippen molar-refractivity contribution in [2.75, 3.05) is 12.4 Å². The maximum atomic E-state index is 11.9. The molecule has 2 rings (SSSR count). The average Bonchev–Trinajstić information content (AvgIpc) is 2.81. The second kappa shape index (κ2) is 8.55. The van der Waals surface area contributed by atoms with Gasteiger partial charge in [0.15, 0.2) is 0 Å². The number of ether oxygens (including phenoxy) is 1. The molecule has 0 amide bonds. The largest absolute Gasteiger partial charge is 0.463 e. The Bertz CT molecular complexity index is 810. The Morgan fingerprint density at radius 2 is 2.12 bits per heavy atom. The number of carbonyl (C=O) groups is 1. The van der Waals surface area contributed by atoms with Crippen molar-refractivity contribution in [3.63, 3.8) is 0 Å². The molecule has 0 fully saturated rings. The van der Waals surface area contributed by atoms with Gasteiger partial charge < -0.3 is 4.74 Å². The van der Waals surface area contributed by atoms with Gasteiger partial charge in [-0.15, -0.1) is 11.8 Å². The molecule has 0 aliphatic carbocycles. The van der Waals surface area contributed by atoms with Crippen LogP contribution in [-0.4, -0.2) is 33.0 Å². The lowest BCUT2D eigenvalue weighted by atomic mass is 10.3. The maximum absolute atomic E-state index is 11.9. The minimum absolute atomic E-state index is 0.0843. The van der Waals surface area contributed by atoms with Crippen LogP contribution in [0, 0.1) is 24.0 Å². The van der Waals surface area contributed by atoms with Crippen molar-refractivity contribution >= 4 is 46.6 Å². The Morgan fingerprint density at radius 3 is 2.76 bits per heavy atom. The van der Waals surface area contributed by atoms with Crippen LogP contribution in [0.4, 0.5) is 5.69 Å². The van der Waals surface area contributed by atoms with Crippen LogP contribution >= 0.6 is 35.0 Å². The number of thioether (sulfide) groups is 1. The van der Waals surface area contributed by atoms with Crippen LogP contribution in [0.2, 0.25) is 10.0 Å². The quantitative estimate of drug-likeness (QED) is 0.228. The van der Waals surface area contributed by atoms with Gasteiger partial charge in [-0.2, -0.15) is 5.10 Å². The van der Waals surface area contributed by atoms with E-state index in [-0.39, 0.29) is 24.5 Å². The number of esters is 1. The molecular formula is C15H15Cl2N3O4S. The molecule has 0 bridgehead atoms. The molecule has 0 radical (unpaired) electrons. The number of nitrogens with zero attached hydrogens (tertiary/aromatic N) is 3. The highest BCUT2D eigenvalue weighted by Crippen LogP contribution is 2.29. The van der Waals surface area contributed by atoms with E-state index in [4.69, 9.17) is 27.9 Å². The molecule has 0 aliphatic heterocycles. The number of carbonyl (C=O) groups excluding carboxylic acids is 1. The molecule has 0 saturated carbocycles. The minimum Gasteiger partial charge on any atom is -0.463 e. The summed E-state index contributed by atoms with van der Waals surface area (Å²) < 4.78 is 6.41. The predicted octanol–water partition coefficient (Wildman–Crippen LogP) is 4.05. The number of nitro groups is 1. The zero-order valence-corrected chi connectivity index (χ0v) is 15.8. The van der Waals surface area contributed by atoms with Gasteiger partial charge in [-0.3, -0.25) is 19.6 Å². The normalized spacial score (nSPS) is 10.7. The molecule has 0 spiro atoms. The highest BCUT2D eigenvalue weighted by molar-refractivity contribution is 7.99. The summed E-state index contributed by atoms with van der Waals surface area (Å²) in [6.45, 7) is 3.07. The number of halogens is 2. The molecule has 0 N–H and O–H groups in total. The molecule has 1 aromatic carbocycles. The Kier molecular flexibility index (Phi) is 6.69. The van der Waals surface area contributed by atoms with Crippen molar-refractivity contribution < 1.29 is 14.5 Å². The van der Waals surface area contributed by atoms with E-state index in [9.17, 15) is 14.9 Å². The number of benzene rings is 1. The SMILES string of the molecule is Cc1nn(CC(=O)OCCSc2cc(Cl)ccc2Cl)c(C)c1[N+](=O)[O-]. The molecule has 25 heavy (non-hydrogen) atoms. The summed E-state index contributed by atoms with van der Waals surface area (Å²) in [5.74, 6) is -0.0124. The zero-order valence-electron chi connectivity index (χ0n) is 13.5. The molecule has 1 aromatic heterocycles. The highest BCUT2D eigenvalue weighted by atomic mass is 35.5. The van der Waals surface area contributed by atoms with Crippen LogP contribution in [0.3, 0.4) is 0 Å². The smallest absolute Gasteiger partial charge is 0.327 e. The van der Waals surface area contributed by atoms with Crippen LogP contribution in [0.5, 0.6) is 0 Å². The van der Waals surface area contributed by atoms with Gasteiger partial charge in [0, 0.05) is 15.7 Å². The third kappa shape index (κ3) is 5.10. The van der Waals surface area contributed by atoms with Crippen molar-refractivity contribution in [1.29, 1.82) is 0 Å². The van der Waals surface area contributed by atoms with Crippen molar-refractivity contribution in [2.45, 2.75) is 25.3 Å². The molecule has 0 unspecified atom stereocenters. The van der Waals surface area contributed by atoms with Gasteiger partial charge >= 0.3 is 11.7 Å². The van der Waals surface area contributed by atoms with E-state index in [0.29, 0.717) is 21.5 Å². The van der Waals surface area contributed by atoms with Gasteiger partial charge in [-0.25, -0.2) is 0 Å². The minimum atomic E-state index is -0.515. The summed E-state index contributed by atoms with van der Waals surface area (Å²) >= 11 is 13.4. The van der Waals surface area contributed by atoms with E-state index in [1.807, 2.05) is 0 Å². The first-order valence-electron chi connectivity index (χ1n) is 7.21. The van der Waals surface area contributed by atoms with Gasteiger partial charge in [0.05, 0.1) is 9.95 Å². The molecule has 7 nitrogen and oxygen atoms in total. The monoisotopic (exact) mass is 403 g/mol. The van der Waals surface area contributed by atoms with Crippen molar-refractivity contribution in [2.24, 2.45) is 0 Å². The number of aromatic nitrogens is 2. The fourth-order valence-corrected chi connectivity index (χ4v) is 3.49. The third-order valence-corrected chi connectivity index (χ3v) is 5.00. The number of aryl methyl sites for hydroxylation is 1. The number of rotatable bonds is 7. The Morgan fingerprint density at radius 1 is 1.40 bits per heavy atom. The summed E-state index contributed by atoms with van der Waals surface area (Å²) in [7, 11) is 0. The Balaban J connectivity index is 1.84. The molecule has 134 valence electrons. The summed E-state index contributed by atoms with van der Waals surface area (Å²) in [6, 6.07) is 5.14. The predicted molar refractivity (Wildman–Crippen MR) is 96.5 cm³/mol. The first-order chi connectivity index (χ1) is 11.8. The fraction of sp³-hybridized carbons (Fsp3) is 0.333. The lowest BCUT2D eigenvalue weighted by Gasteiger charge is -2.07. The summed E-state index contributed by atoms with van der Waals surface area (Å²) in [5.41, 5.74) is 0.500. The Labute approximate surface area is 158 Å². The summed E-state index contributed by atoms with van der Waals surface area (Å²) in [4.78, 5) is 23.1. The van der Waals surface area contributed by atoms with E-state index in [0.717, 1.165) is 4.90 Å². The second-order valence-electron chi connectivity index (χ2n) is 5.08. The average molecular weight is 404 g/mol. The summed E-state index contributed by atoms with van der Waals surface area (Å²) in [5, 5.41) is 16.1. The van der Waals surface area contributed by atoms with Crippen LogP contribution in [-0.2, 0) is 16.1 Å². The molecule has 0 atom stereocenters. The van der Waals surface area contributed by atoms with Crippen LogP contribution in [0.15, 0.2) is 23.1 Å². The van der Waals surface area contributed by atoms with Gasteiger partial charge in [0.1, 0.15) is 24.5 Å². The first kappa shape index (κ1) is 19.6. The van der Waals surface area contributed by atoms with Gasteiger partial charge in [0.2, 0.25) is 0 Å². The van der Waals surface area contributed by atoms with Crippen molar-refractivity contribution in [3.05, 3.63) is 49.7 Å². The highest BCUT2D eigenvalue weighted by Gasteiger charge is 2.23. The van der Waals surface area contributed by atoms with Crippen LogP contribution in [0.25, 0.3) is 0 Å². The molecular weight excluding hydrogens is 389 g/mol. The van der Waals surface area contributed by atoms with Gasteiger partial charge in [-0.05, 0) is 32.0 Å². The molecule has 0 aliphatic rings. The lowest BCUT2D eigenvalue weighted by molar-refractivity contribution is -0.386. The van der Waals surface area contributed by atoms with E-state index in [1.165, 1.54) is 23.4 Å². The van der Waals surface area contributed by atoms with Crippen molar-refractivity contribution in [1.82, 2.24) is 9.78 Å². The van der Waals surface area contributed by atoms with E-state index < -0.39 is 10.9 Å². The maximum Gasteiger partial charge on any atom is 0.327 e. The standard InChI is InChI=1S/C15H15Cl2N3O4S/c1-9-15(20(22)23)10(2)19(18-9)8-14(21)24-5-6-25-13-7-11(16)3-4-12(13)17/h3-4,7H,5-6,8H2,1-2H3. The van der Waals surface area contributed by atoms with Crippen LogP contribution < -0.4 is 0 Å². The fourth-order valence-electron chi connectivity index (χ4n) is 2.17. The lowest BCUT2D eigenvalue weighted by Crippen LogP contribution is -2.17. The van der Waals surface area contributed by atoms with Gasteiger partial charge in [0.25, 0.3) is 0 Å². The topological polar surface area (TPSA) is 87.3 Å². The van der Waals surface area contributed by atoms with Gasteiger partial charge in [-0.1, -0.05) is 23.2 Å². The van der Waals surface area contributed by atoms with Crippen LogP contribution in [0.1, 0.15) is 11.4 Å². The number of hydrogen-bond donors (Lipinski definition) is 0. The van der Waals surface area contributed by atoms with Crippen molar-refractivity contribution in [3.8, 4) is 0 Å². The zero-order chi connectivity index (χ0) is 18.6. The molecule has 10 heteroatoms. The number of hydrogen-bond acceptors (Lipinski definition) is 6. The molecule has 1 heterocycles. The second-order valence-corrected chi connectivity index (χ2v) is 7.06.